The molecule has 0 spiro atoms. The van der Waals surface area contributed by atoms with Crippen LogP contribution in [0.15, 0.2) is 30.5 Å². The molecule has 0 fully saturated rings. The monoisotopic (exact) mass is 259 g/mol. The van der Waals surface area contributed by atoms with Crippen molar-refractivity contribution in [3.8, 4) is 11.5 Å². The molecule has 0 bridgehead atoms. The highest BCUT2D eigenvalue weighted by molar-refractivity contribution is 5.39. The fraction of sp³-hybridized carbons (Fsp3) is 0.286. The zero-order valence-corrected chi connectivity index (χ0v) is 11.1. The van der Waals surface area contributed by atoms with Crippen LogP contribution in [-0.2, 0) is 13.1 Å². The van der Waals surface area contributed by atoms with E-state index in [9.17, 15) is 5.11 Å². The molecule has 0 radical (unpaired) electrons. The van der Waals surface area contributed by atoms with E-state index in [-0.39, 0.29) is 5.75 Å². The van der Waals surface area contributed by atoms with Crippen LogP contribution < -0.4 is 10.1 Å². The van der Waals surface area contributed by atoms with Crippen molar-refractivity contribution in [1.29, 1.82) is 0 Å². The maximum absolute atomic E-state index is 9.82. The van der Waals surface area contributed by atoms with Gasteiger partial charge in [0.15, 0.2) is 0 Å². The molecule has 0 unspecified atom stereocenters. The second-order valence-corrected chi connectivity index (χ2v) is 4.19. The molecule has 1 aromatic carbocycles. The molecule has 0 saturated heterocycles. The van der Waals surface area contributed by atoms with Crippen molar-refractivity contribution in [3.05, 3.63) is 47.5 Å². The second-order valence-electron chi connectivity index (χ2n) is 4.19. The molecule has 0 amide bonds. The molecular formula is C14H17N3O2. The summed E-state index contributed by atoms with van der Waals surface area (Å²) in [6.45, 7) is 3.06. The fourth-order valence-electron chi connectivity index (χ4n) is 1.75. The molecule has 0 aliphatic carbocycles. The average molecular weight is 259 g/mol. The van der Waals surface area contributed by atoms with Crippen LogP contribution in [0.1, 0.15) is 17.1 Å². The van der Waals surface area contributed by atoms with E-state index in [2.05, 4.69) is 15.3 Å². The number of methoxy groups -OCH3 is 1. The number of phenols is 1. The lowest BCUT2D eigenvalue weighted by atomic mass is 10.2. The Morgan fingerprint density at radius 3 is 2.79 bits per heavy atom. The third-order valence-electron chi connectivity index (χ3n) is 2.75. The number of nitrogens with one attached hydrogen (secondary N) is 1. The van der Waals surface area contributed by atoms with Gasteiger partial charge in [-0.05, 0) is 19.1 Å². The number of phenolic OH excluding ortho intramolecular Hbond substituents is 1. The Kier molecular flexibility index (Phi) is 4.30. The first-order chi connectivity index (χ1) is 9.19. The predicted molar refractivity (Wildman–Crippen MR) is 72.0 cm³/mol. The second kappa shape index (κ2) is 6.15. The smallest absolute Gasteiger partial charge is 0.125 e. The van der Waals surface area contributed by atoms with Gasteiger partial charge in [0, 0.05) is 30.9 Å². The Morgan fingerprint density at radius 1 is 1.26 bits per heavy atom. The number of rotatable bonds is 5. The quantitative estimate of drug-likeness (QED) is 0.857. The summed E-state index contributed by atoms with van der Waals surface area (Å²) < 4.78 is 5.04. The molecule has 1 heterocycles. The van der Waals surface area contributed by atoms with Crippen LogP contribution in [0, 0.1) is 6.92 Å². The van der Waals surface area contributed by atoms with Crippen LogP contribution in [0.5, 0.6) is 11.5 Å². The van der Waals surface area contributed by atoms with Crippen LogP contribution >= 0.6 is 0 Å². The largest absolute Gasteiger partial charge is 0.507 e. The summed E-state index contributed by atoms with van der Waals surface area (Å²) >= 11 is 0. The molecule has 2 aromatic rings. The Balaban J connectivity index is 1.92. The molecule has 0 aliphatic heterocycles. The molecule has 100 valence electrons. The number of aromatic hydroxyl groups is 1. The molecule has 2 rings (SSSR count). The number of hydrogen-bond acceptors (Lipinski definition) is 5. The van der Waals surface area contributed by atoms with Gasteiger partial charge >= 0.3 is 0 Å². The Hall–Kier alpha value is -2.14. The number of aryl methyl sites for hydroxylation is 1. The summed E-state index contributed by atoms with van der Waals surface area (Å²) in [7, 11) is 1.57. The summed E-state index contributed by atoms with van der Waals surface area (Å²) in [5.74, 6) is 1.63. The van der Waals surface area contributed by atoms with E-state index in [1.165, 1.54) is 0 Å². The first-order valence-corrected chi connectivity index (χ1v) is 6.04. The molecule has 5 nitrogen and oxygen atoms in total. The summed E-state index contributed by atoms with van der Waals surface area (Å²) in [5.41, 5.74) is 1.76. The number of hydrogen-bond donors (Lipinski definition) is 2. The van der Waals surface area contributed by atoms with Crippen LogP contribution in [0.2, 0.25) is 0 Å². The average Bonchev–Trinajstić information content (AvgIpc) is 2.40. The lowest BCUT2D eigenvalue weighted by Gasteiger charge is -2.08. The van der Waals surface area contributed by atoms with E-state index in [1.807, 2.05) is 25.1 Å². The van der Waals surface area contributed by atoms with E-state index >= 15 is 0 Å². The van der Waals surface area contributed by atoms with E-state index in [4.69, 9.17) is 4.74 Å². The van der Waals surface area contributed by atoms with Gasteiger partial charge in [0.1, 0.15) is 17.3 Å². The predicted octanol–water partition coefficient (Wildman–Crippen LogP) is 1.79. The van der Waals surface area contributed by atoms with Crippen molar-refractivity contribution in [2.24, 2.45) is 0 Å². The van der Waals surface area contributed by atoms with Crippen LogP contribution in [0.4, 0.5) is 0 Å². The van der Waals surface area contributed by atoms with Gasteiger partial charge < -0.3 is 15.2 Å². The fourth-order valence-corrected chi connectivity index (χ4v) is 1.75. The molecule has 0 aliphatic rings. The maximum Gasteiger partial charge on any atom is 0.125 e. The zero-order chi connectivity index (χ0) is 13.7. The number of ether oxygens (including phenoxy) is 1. The highest BCUT2D eigenvalue weighted by Gasteiger charge is 2.03. The summed E-state index contributed by atoms with van der Waals surface area (Å²) in [5, 5.41) is 13.1. The van der Waals surface area contributed by atoms with Gasteiger partial charge in [0.2, 0.25) is 0 Å². The van der Waals surface area contributed by atoms with Gasteiger partial charge in [-0.25, -0.2) is 9.97 Å². The third-order valence-corrected chi connectivity index (χ3v) is 2.75. The normalized spacial score (nSPS) is 10.4. The van der Waals surface area contributed by atoms with Crippen molar-refractivity contribution in [3.63, 3.8) is 0 Å². The van der Waals surface area contributed by atoms with Crippen molar-refractivity contribution >= 4 is 0 Å². The lowest BCUT2D eigenvalue weighted by molar-refractivity contribution is 0.406. The minimum Gasteiger partial charge on any atom is -0.507 e. The first kappa shape index (κ1) is 13.3. The first-order valence-electron chi connectivity index (χ1n) is 6.04. The van der Waals surface area contributed by atoms with Crippen molar-refractivity contribution in [2.75, 3.05) is 7.11 Å². The SMILES string of the molecule is COc1ccc(CNCc2ccnc(C)n2)c(O)c1. The Bertz CT molecular complexity index is 558. The molecule has 1 aromatic heterocycles. The van der Waals surface area contributed by atoms with Gasteiger partial charge in [-0.1, -0.05) is 6.07 Å². The summed E-state index contributed by atoms with van der Waals surface area (Å²) in [6, 6.07) is 7.14. The standard InChI is InChI=1S/C14H17N3O2/c1-10-16-6-5-12(17-10)9-15-8-11-3-4-13(19-2)7-14(11)18/h3-7,15,18H,8-9H2,1-2H3. The molecule has 2 N–H and O–H groups in total. The van der Waals surface area contributed by atoms with Crippen LogP contribution in [0.25, 0.3) is 0 Å². The minimum absolute atomic E-state index is 0.228. The Labute approximate surface area is 112 Å². The van der Waals surface area contributed by atoms with E-state index < -0.39 is 0 Å². The molecule has 19 heavy (non-hydrogen) atoms. The number of aromatic nitrogens is 2. The zero-order valence-electron chi connectivity index (χ0n) is 11.1. The third kappa shape index (κ3) is 3.66. The van der Waals surface area contributed by atoms with Crippen molar-refractivity contribution in [2.45, 2.75) is 20.0 Å². The molecule has 5 heteroatoms. The Morgan fingerprint density at radius 2 is 2.11 bits per heavy atom. The van der Waals surface area contributed by atoms with Crippen LogP contribution in [-0.4, -0.2) is 22.2 Å². The number of nitrogens with zero attached hydrogens (tertiary/aromatic N) is 2. The van der Waals surface area contributed by atoms with E-state index in [1.54, 1.807) is 19.4 Å². The molecular weight excluding hydrogens is 242 g/mol. The summed E-state index contributed by atoms with van der Waals surface area (Å²) in [4.78, 5) is 8.34. The van der Waals surface area contributed by atoms with Gasteiger partial charge in [0.05, 0.1) is 12.8 Å². The van der Waals surface area contributed by atoms with Gasteiger partial charge in [-0.3, -0.25) is 0 Å². The lowest BCUT2D eigenvalue weighted by Crippen LogP contribution is -2.14. The maximum atomic E-state index is 9.82. The highest BCUT2D eigenvalue weighted by Crippen LogP contribution is 2.23. The van der Waals surface area contributed by atoms with Gasteiger partial charge in [0.25, 0.3) is 0 Å². The highest BCUT2D eigenvalue weighted by atomic mass is 16.5. The van der Waals surface area contributed by atoms with Gasteiger partial charge in [-0.15, -0.1) is 0 Å². The van der Waals surface area contributed by atoms with E-state index in [0.29, 0.717) is 18.8 Å². The van der Waals surface area contributed by atoms with Crippen molar-refractivity contribution < 1.29 is 9.84 Å². The van der Waals surface area contributed by atoms with E-state index in [0.717, 1.165) is 17.1 Å². The summed E-state index contributed by atoms with van der Waals surface area (Å²) in [6.07, 6.45) is 1.74. The van der Waals surface area contributed by atoms with Gasteiger partial charge in [-0.2, -0.15) is 0 Å². The minimum atomic E-state index is 0.228. The van der Waals surface area contributed by atoms with Crippen molar-refractivity contribution in [1.82, 2.24) is 15.3 Å². The molecule has 0 atom stereocenters. The molecule has 0 saturated carbocycles. The topological polar surface area (TPSA) is 67.3 Å². The number of benzene rings is 1. The van der Waals surface area contributed by atoms with Crippen LogP contribution in [0.3, 0.4) is 0 Å².